The summed E-state index contributed by atoms with van der Waals surface area (Å²) in [6.45, 7) is 71.7. The van der Waals surface area contributed by atoms with E-state index in [4.69, 9.17) is 68.2 Å². The van der Waals surface area contributed by atoms with Gasteiger partial charge in [-0.25, -0.2) is 9.59 Å². The Morgan fingerprint density at radius 2 is 0.549 bits per heavy atom. The molecule has 0 aromatic heterocycles. The van der Waals surface area contributed by atoms with E-state index in [9.17, 15) is 22.8 Å². The number of methoxy groups -OCH3 is 2. The number of allylic oxidation sites excluding steroid dienone is 1. The largest absolute Gasteiger partial charge is 0.514 e. The number of alkyl halides is 3. The molecule has 0 saturated carbocycles. The average Bonchev–Trinajstić information content (AvgIpc) is 0.868. The lowest BCUT2D eigenvalue weighted by Gasteiger charge is -2.29. The molecule has 0 fully saturated rings. The summed E-state index contributed by atoms with van der Waals surface area (Å²) in [7, 11) is 3.32. The van der Waals surface area contributed by atoms with E-state index >= 15 is 0 Å². The Morgan fingerprint density at radius 3 is 0.729 bits per heavy atom. The van der Waals surface area contributed by atoms with Gasteiger partial charge in [0.2, 0.25) is 12.6 Å². The van der Waals surface area contributed by atoms with Gasteiger partial charge in [0.15, 0.2) is 6.10 Å². The van der Waals surface area contributed by atoms with Crippen LogP contribution in [-0.2, 0) is 23.7 Å². The molecule has 10 rings (SSSR count). The zero-order chi connectivity index (χ0) is 101. The third-order valence-electron chi connectivity index (χ3n) is 16.4. The molecule has 133 heavy (non-hydrogen) atoms. The number of halogens is 3. The molecule has 20 heteroatoms. The van der Waals surface area contributed by atoms with Crippen molar-refractivity contribution in [2.75, 3.05) is 20.8 Å². The molecule has 0 radical (unpaired) electrons. The second kappa shape index (κ2) is 63.5. The summed E-state index contributed by atoms with van der Waals surface area (Å²) in [5.74, 6) is 4.89. The van der Waals surface area contributed by atoms with Gasteiger partial charge in [-0.1, -0.05) is 310 Å². The monoisotopic (exact) mass is 1820 g/mol. The van der Waals surface area contributed by atoms with E-state index in [1.165, 1.54) is 6.92 Å². The minimum absolute atomic E-state index is 0.0279. The highest BCUT2D eigenvalue weighted by Gasteiger charge is 2.38. The van der Waals surface area contributed by atoms with Crippen LogP contribution in [-0.4, -0.2) is 94.7 Å². The van der Waals surface area contributed by atoms with E-state index in [2.05, 4.69) is 125 Å². The van der Waals surface area contributed by atoms with Crippen LogP contribution in [0.15, 0.2) is 333 Å². The molecule has 0 bridgehead atoms. The third kappa shape index (κ3) is 57.3. The topological polar surface area (TPSA) is 228 Å². The first-order chi connectivity index (χ1) is 62.5. The zero-order valence-corrected chi connectivity index (χ0v) is 80.3. The molecule has 5 N–H and O–H groups in total. The minimum atomic E-state index is -4.35. The van der Waals surface area contributed by atoms with Crippen LogP contribution < -0.4 is 23.7 Å². The molecule has 0 amide bonds. The van der Waals surface area contributed by atoms with E-state index < -0.39 is 30.2 Å². The summed E-state index contributed by atoms with van der Waals surface area (Å²) in [5, 5.41) is 44.1. The van der Waals surface area contributed by atoms with Gasteiger partial charge in [-0.3, -0.25) is 0 Å². The number of carbonyl (C=O) groups excluding carboxylic acids is 2. The van der Waals surface area contributed by atoms with Crippen molar-refractivity contribution in [2.45, 2.75) is 146 Å². The van der Waals surface area contributed by atoms with Gasteiger partial charge in [0, 0.05) is 25.0 Å². The van der Waals surface area contributed by atoms with E-state index in [0.29, 0.717) is 52.4 Å². The SMILES string of the molecule is C=C(C)C(=C)OC(C)C(F)(F)F.C=Cc1ccc(O)cc1.C=Cc1ccc(O)cc1.C=Cc1ccc(O)cc1.C=Cc1ccc(O)cc1.C=Cc1ccc(O)cc1.C=Cc1ccc(OC(=O)OC(C)(C)C)cc1.C=Cc1ccc(OC(=O)OCCC)cc1.C=Cc1ccc(OC(C)(C)C)cc1.C=Cc1ccc(OC(OC)C(C)(C)C)cc1.C=Cc1ccc(OC(OC)C(C)(C)C)cc1. The van der Waals surface area contributed by atoms with E-state index in [1.54, 1.807) is 175 Å². The number of rotatable bonds is 24. The number of ether oxygens (including phenoxy) is 10. The fraction of sp³-hybridized carbons (Fsp3) is 0.239. The second-order valence-electron chi connectivity index (χ2n) is 32.4. The van der Waals surface area contributed by atoms with Crippen molar-refractivity contribution < 1.29 is 95.7 Å². The number of hydrogen-bond acceptors (Lipinski definition) is 17. The Labute approximate surface area is 788 Å². The molecule has 17 nitrogen and oxygen atoms in total. The minimum Gasteiger partial charge on any atom is -0.508 e. The molecule has 0 heterocycles. The van der Waals surface area contributed by atoms with Gasteiger partial charge >= 0.3 is 18.5 Å². The van der Waals surface area contributed by atoms with Crippen LogP contribution in [0.2, 0.25) is 0 Å². The van der Waals surface area contributed by atoms with Gasteiger partial charge in [0.1, 0.15) is 74.5 Å². The highest BCUT2D eigenvalue weighted by atomic mass is 19.4. The van der Waals surface area contributed by atoms with Crippen LogP contribution in [0.1, 0.15) is 166 Å². The van der Waals surface area contributed by atoms with Crippen molar-refractivity contribution in [3.8, 4) is 57.5 Å². The lowest BCUT2D eigenvalue weighted by atomic mass is 9.96. The first-order valence-corrected chi connectivity index (χ1v) is 42.1. The van der Waals surface area contributed by atoms with Crippen LogP contribution in [0, 0.1) is 10.8 Å². The molecular weight excluding hydrogens is 1690 g/mol. The Balaban J connectivity index is 0.00000145. The molecule has 10 aromatic rings. The molecule has 712 valence electrons. The van der Waals surface area contributed by atoms with Crippen molar-refractivity contribution in [3.63, 3.8) is 0 Å². The van der Waals surface area contributed by atoms with Gasteiger partial charge in [-0.15, -0.1) is 0 Å². The Morgan fingerprint density at radius 1 is 0.338 bits per heavy atom. The highest BCUT2D eigenvalue weighted by Crippen LogP contribution is 2.30. The van der Waals surface area contributed by atoms with Crippen molar-refractivity contribution in [1.29, 1.82) is 0 Å². The molecule has 3 atom stereocenters. The third-order valence-corrected chi connectivity index (χ3v) is 16.4. The maximum Gasteiger partial charge on any atom is 0.514 e. The van der Waals surface area contributed by atoms with Gasteiger partial charge in [-0.05, 0) is 244 Å². The lowest BCUT2D eigenvalue weighted by Crippen LogP contribution is -2.33. The maximum absolute atomic E-state index is 11.9. The van der Waals surface area contributed by atoms with Crippen LogP contribution in [0.3, 0.4) is 0 Å². The molecule has 3 unspecified atom stereocenters. The molecular formula is C113H137F3O17. The number of phenols is 5. The van der Waals surface area contributed by atoms with Gasteiger partial charge in [0.25, 0.3) is 0 Å². The summed E-state index contributed by atoms with van der Waals surface area (Å²) in [6.07, 6.45) is 10.3. The maximum atomic E-state index is 11.9. The summed E-state index contributed by atoms with van der Waals surface area (Å²) < 4.78 is 87.7. The number of benzene rings is 10. The summed E-state index contributed by atoms with van der Waals surface area (Å²) in [4.78, 5) is 22.4. The molecule has 0 spiro atoms. The molecule has 10 aromatic carbocycles. The number of phenolic OH excluding ortho intramolecular Hbond substituents is 5. The van der Waals surface area contributed by atoms with E-state index in [1.807, 2.05) is 191 Å². The van der Waals surface area contributed by atoms with Crippen molar-refractivity contribution in [1.82, 2.24) is 0 Å². The quantitative estimate of drug-likeness (QED) is 0.0125. The fourth-order valence-corrected chi connectivity index (χ4v) is 9.25. The first kappa shape index (κ1) is 119. The molecule has 0 aliphatic rings. The van der Waals surface area contributed by atoms with Crippen LogP contribution in [0.4, 0.5) is 22.8 Å². The first-order valence-electron chi connectivity index (χ1n) is 42.1. The van der Waals surface area contributed by atoms with Crippen molar-refractivity contribution in [3.05, 3.63) is 389 Å². The van der Waals surface area contributed by atoms with Crippen molar-refractivity contribution >= 4 is 73.1 Å². The summed E-state index contributed by atoms with van der Waals surface area (Å²) >= 11 is 0. The van der Waals surface area contributed by atoms with Crippen molar-refractivity contribution in [2.24, 2.45) is 10.8 Å². The standard InChI is InChI=1S/2C14H20O2.C13H16O3.C12H14O3.C12H16O.C8H11F3O.5C8H8O/c2*1-6-11-7-9-12(10-8-11)16-13(15-5)14(2,3)4;1-5-10-6-8-11(9-7-10)15-12(14)16-13(2,3)4;1-3-9-14-12(13)15-11-7-5-10(4-2)6-8-11;1-5-10-6-8-11(9-7-10)13-12(2,3)4;1-5(2)6(3)12-7(4)8(9,10)11;5*1-2-7-3-5-8(9)6-4-7/h2*6-10,13H,1H2,2-5H3;5-9H,1H2,2-4H3;4-8H,2-3,9H2,1H3;5-9H,1H2,2-4H3;7H,1,3H2,2,4H3;5*2-6,9H,1H2. The number of hydrogen-bond donors (Lipinski definition) is 5. The molecule has 0 aliphatic heterocycles. The van der Waals surface area contributed by atoms with Crippen LogP contribution in [0.5, 0.6) is 57.5 Å². The smallest absolute Gasteiger partial charge is 0.508 e. The van der Waals surface area contributed by atoms with Gasteiger partial charge in [-0.2, -0.15) is 13.2 Å². The Hall–Kier alpha value is -14.5. The molecule has 0 saturated heterocycles. The number of aromatic hydroxyl groups is 5. The van der Waals surface area contributed by atoms with Crippen LogP contribution >= 0.6 is 0 Å². The number of carbonyl (C=O) groups is 2. The predicted molar refractivity (Wildman–Crippen MR) is 545 cm³/mol. The Bertz CT molecular complexity index is 4690. The summed E-state index contributed by atoms with van der Waals surface area (Å²) in [6, 6.07) is 72.0. The normalized spacial score (nSPS) is 10.9. The molecule has 0 aliphatic carbocycles. The zero-order valence-electron chi connectivity index (χ0n) is 80.3. The highest BCUT2D eigenvalue weighted by molar-refractivity contribution is 5.65. The predicted octanol–water partition coefficient (Wildman–Crippen LogP) is 31.1. The van der Waals surface area contributed by atoms with E-state index in [0.717, 1.165) is 86.2 Å². The van der Waals surface area contributed by atoms with Gasteiger partial charge in [0.05, 0.1) is 6.61 Å². The average molecular weight is 1820 g/mol. The van der Waals surface area contributed by atoms with Gasteiger partial charge < -0.3 is 72.9 Å². The Kier molecular flexibility index (Phi) is 56.6. The lowest BCUT2D eigenvalue weighted by molar-refractivity contribution is -0.202. The fourth-order valence-electron chi connectivity index (χ4n) is 9.25. The summed E-state index contributed by atoms with van der Waals surface area (Å²) in [5.41, 5.74) is 9.95. The van der Waals surface area contributed by atoms with E-state index in [-0.39, 0.29) is 34.8 Å². The van der Waals surface area contributed by atoms with Crippen LogP contribution in [0.25, 0.3) is 60.8 Å². The second-order valence-corrected chi connectivity index (χ2v) is 32.4.